The Morgan fingerprint density at radius 2 is 2.14 bits per heavy atom. The van der Waals surface area contributed by atoms with Crippen LogP contribution in [0.5, 0.6) is 0 Å². The van der Waals surface area contributed by atoms with E-state index < -0.39 is 5.97 Å². The molecule has 2 heterocycles. The Morgan fingerprint density at radius 1 is 1.38 bits per heavy atom. The average Bonchev–Trinajstić information content (AvgIpc) is 2.42. The molecule has 5 nitrogen and oxygen atoms in total. The van der Waals surface area contributed by atoms with Crippen molar-refractivity contribution in [2.45, 2.75) is 26.5 Å². The second-order valence-corrected chi connectivity index (χ2v) is 5.24. The highest BCUT2D eigenvalue weighted by molar-refractivity contribution is 6.30. The van der Waals surface area contributed by atoms with Crippen LogP contribution in [0, 0.1) is 0 Å². The number of hydrogen-bond donors (Lipinski definition) is 0. The molecule has 6 heteroatoms. The molecule has 0 unspecified atom stereocenters. The summed E-state index contributed by atoms with van der Waals surface area (Å²) in [4.78, 5) is 27.8. The van der Waals surface area contributed by atoms with Gasteiger partial charge in [-0.3, -0.25) is 9.78 Å². The highest BCUT2D eigenvalue weighted by Gasteiger charge is 2.10. The molecule has 2 rings (SSSR count). The summed E-state index contributed by atoms with van der Waals surface area (Å²) >= 11 is 5.76. The maximum Gasteiger partial charge on any atom is 0.338 e. The minimum Gasteiger partial charge on any atom is -0.459 e. The zero-order chi connectivity index (χ0) is 15.4. The molecule has 0 saturated heterocycles. The predicted octanol–water partition coefficient (Wildman–Crippen LogP) is 2.51. The van der Waals surface area contributed by atoms with Crippen LogP contribution >= 0.6 is 11.6 Å². The molecule has 0 spiro atoms. The van der Waals surface area contributed by atoms with E-state index in [0.29, 0.717) is 17.3 Å². The smallest absolute Gasteiger partial charge is 0.338 e. The van der Waals surface area contributed by atoms with E-state index in [9.17, 15) is 9.59 Å². The molecule has 0 aliphatic rings. The van der Waals surface area contributed by atoms with Gasteiger partial charge < -0.3 is 9.30 Å². The minimum absolute atomic E-state index is 0.224. The van der Waals surface area contributed by atoms with Crippen LogP contribution in [0.1, 0.15) is 29.9 Å². The van der Waals surface area contributed by atoms with Gasteiger partial charge in [0, 0.05) is 18.5 Å². The van der Waals surface area contributed by atoms with Crippen LogP contribution in [0.2, 0.25) is 5.02 Å². The van der Waals surface area contributed by atoms with Crippen LogP contribution in [0.25, 0.3) is 0 Å². The normalized spacial score (nSPS) is 10.7. The molecule has 21 heavy (non-hydrogen) atoms. The standard InChI is InChI=1S/C15H15ClN2O3/c1-10(2)21-15(20)11-5-6-18(14(19)7-11)9-13-4-3-12(16)8-17-13/h3-8,10H,9H2,1-2H3. The van der Waals surface area contributed by atoms with Crippen LogP contribution in [-0.4, -0.2) is 21.6 Å². The predicted molar refractivity (Wildman–Crippen MR) is 79.6 cm³/mol. The van der Waals surface area contributed by atoms with Gasteiger partial charge in [0.2, 0.25) is 0 Å². The molecule has 0 aromatic carbocycles. The number of rotatable bonds is 4. The highest BCUT2D eigenvalue weighted by Crippen LogP contribution is 2.07. The summed E-state index contributed by atoms with van der Waals surface area (Å²) < 4.78 is 6.51. The first kappa shape index (κ1) is 15.3. The number of carbonyl (C=O) groups is 1. The second kappa shape index (κ2) is 6.54. The van der Waals surface area contributed by atoms with Crippen LogP contribution in [0.15, 0.2) is 41.5 Å². The Kier molecular flexibility index (Phi) is 4.75. The lowest BCUT2D eigenvalue weighted by atomic mass is 10.2. The first-order valence-electron chi connectivity index (χ1n) is 6.47. The summed E-state index contributed by atoms with van der Waals surface area (Å²) in [7, 11) is 0. The van der Waals surface area contributed by atoms with Gasteiger partial charge in [-0.2, -0.15) is 0 Å². The van der Waals surface area contributed by atoms with Gasteiger partial charge in [0.15, 0.2) is 0 Å². The number of esters is 1. The van der Waals surface area contributed by atoms with E-state index in [4.69, 9.17) is 16.3 Å². The molecular formula is C15H15ClN2O3. The van der Waals surface area contributed by atoms with Crippen molar-refractivity contribution < 1.29 is 9.53 Å². The Morgan fingerprint density at radius 3 is 2.71 bits per heavy atom. The Labute approximate surface area is 127 Å². The van der Waals surface area contributed by atoms with Crippen molar-refractivity contribution in [1.29, 1.82) is 0 Å². The lowest BCUT2D eigenvalue weighted by molar-refractivity contribution is 0.0377. The number of halogens is 1. The number of pyridine rings is 2. The minimum atomic E-state index is -0.501. The summed E-state index contributed by atoms with van der Waals surface area (Å²) in [6.07, 6.45) is 2.85. The molecule has 0 aliphatic carbocycles. The van der Waals surface area contributed by atoms with Crippen molar-refractivity contribution in [2.24, 2.45) is 0 Å². The first-order valence-corrected chi connectivity index (χ1v) is 6.85. The molecule has 110 valence electrons. The summed E-state index contributed by atoms with van der Waals surface area (Å²) in [5, 5.41) is 0.540. The lowest BCUT2D eigenvalue weighted by Gasteiger charge is -2.09. The molecular weight excluding hydrogens is 292 g/mol. The largest absolute Gasteiger partial charge is 0.459 e. The second-order valence-electron chi connectivity index (χ2n) is 4.80. The van der Waals surface area contributed by atoms with E-state index in [1.807, 2.05) is 0 Å². The fraction of sp³-hybridized carbons (Fsp3) is 0.267. The maximum atomic E-state index is 12.0. The third-order valence-corrected chi connectivity index (χ3v) is 2.92. The van der Waals surface area contributed by atoms with Crippen molar-refractivity contribution in [1.82, 2.24) is 9.55 Å². The monoisotopic (exact) mass is 306 g/mol. The molecule has 0 aliphatic heterocycles. The maximum absolute atomic E-state index is 12.0. The third-order valence-electron chi connectivity index (χ3n) is 2.70. The fourth-order valence-corrected chi connectivity index (χ4v) is 1.83. The number of aromatic nitrogens is 2. The van der Waals surface area contributed by atoms with E-state index >= 15 is 0 Å². The molecule has 0 amide bonds. The van der Waals surface area contributed by atoms with Crippen LogP contribution in [-0.2, 0) is 11.3 Å². The zero-order valence-corrected chi connectivity index (χ0v) is 12.5. The quantitative estimate of drug-likeness (QED) is 0.814. The van der Waals surface area contributed by atoms with Gasteiger partial charge in [-0.15, -0.1) is 0 Å². The molecule has 0 bridgehead atoms. The number of carbonyl (C=O) groups excluding carboxylic acids is 1. The summed E-state index contributed by atoms with van der Waals surface area (Å²) in [6, 6.07) is 6.28. The SMILES string of the molecule is CC(C)OC(=O)c1ccn(Cc2ccc(Cl)cn2)c(=O)c1. The van der Waals surface area contributed by atoms with Gasteiger partial charge in [0.1, 0.15) is 0 Å². The van der Waals surface area contributed by atoms with E-state index in [2.05, 4.69) is 4.98 Å². The van der Waals surface area contributed by atoms with Crippen molar-refractivity contribution >= 4 is 17.6 Å². The first-order chi connectivity index (χ1) is 9.95. The molecule has 2 aromatic rings. The van der Waals surface area contributed by atoms with Gasteiger partial charge >= 0.3 is 5.97 Å². The average molecular weight is 307 g/mol. The topological polar surface area (TPSA) is 61.2 Å². The lowest BCUT2D eigenvalue weighted by Crippen LogP contribution is -2.22. The summed E-state index contributed by atoms with van der Waals surface area (Å²) in [5.41, 5.74) is 0.665. The Balaban J connectivity index is 2.18. The van der Waals surface area contributed by atoms with Crippen LogP contribution in [0.3, 0.4) is 0 Å². The van der Waals surface area contributed by atoms with E-state index in [-0.39, 0.29) is 17.2 Å². The van der Waals surface area contributed by atoms with Crippen molar-refractivity contribution in [3.63, 3.8) is 0 Å². The number of nitrogens with zero attached hydrogens (tertiary/aromatic N) is 2. The number of ether oxygens (including phenoxy) is 1. The summed E-state index contributed by atoms with van der Waals surface area (Å²) in [5.74, 6) is -0.501. The van der Waals surface area contributed by atoms with Crippen LogP contribution < -0.4 is 5.56 Å². The Hall–Kier alpha value is -2.14. The highest BCUT2D eigenvalue weighted by atomic mass is 35.5. The molecule has 0 fully saturated rings. The van der Waals surface area contributed by atoms with Crippen LogP contribution in [0.4, 0.5) is 0 Å². The van der Waals surface area contributed by atoms with E-state index in [1.54, 1.807) is 38.2 Å². The third kappa shape index (κ3) is 4.16. The van der Waals surface area contributed by atoms with Crippen molar-refractivity contribution in [3.8, 4) is 0 Å². The van der Waals surface area contributed by atoms with Crippen molar-refractivity contribution in [2.75, 3.05) is 0 Å². The van der Waals surface area contributed by atoms with Gasteiger partial charge in [0.25, 0.3) is 5.56 Å². The Bertz CT molecular complexity index is 693. The number of hydrogen-bond acceptors (Lipinski definition) is 4. The van der Waals surface area contributed by atoms with E-state index in [1.165, 1.54) is 16.8 Å². The van der Waals surface area contributed by atoms with Gasteiger partial charge in [-0.05, 0) is 32.0 Å². The van der Waals surface area contributed by atoms with Gasteiger partial charge in [0.05, 0.1) is 28.9 Å². The molecule has 0 saturated carbocycles. The molecule has 0 N–H and O–H groups in total. The zero-order valence-electron chi connectivity index (χ0n) is 11.7. The van der Waals surface area contributed by atoms with Gasteiger partial charge in [-0.25, -0.2) is 4.79 Å². The summed E-state index contributed by atoms with van der Waals surface area (Å²) in [6.45, 7) is 3.83. The molecule has 2 aromatic heterocycles. The fourth-order valence-electron chi connectivity index (χ4n) is 1.72. The van der Waals surface area contributed by atoms with E-state index in [0.717, 1.165) is 0 Å². The molecule has 0 atom stereocenters. The van der Waals surface area contributed by atoms with Crippen molar-refractivity contribution in [3.05, 3.63) is 63.3 Å². The van der Waals surface area contributed by atoms with Gasteiger partial charge in [-0.1, -0.05) is 11.6 Å². The molecule has 0 radical (unpaired) electrons.